The first-order chi connectivity index (χ1) is 11.7. The van der Waals surface area contributed by atoms with Gasteiger partial charge in [-0.1, -0.05) is 12.1 Å². The van der Waals surface area contributed by atoms with Crippen LogP contribution in [0.25, 0.3) is 11.3 Å². The van der Waals surface area contributed by atoms with Crippen molar-refractivity contribution < 1.29 is 14.3 Å². The van der Waals surface area contributed by atoms with Crippen LogP contribution in [0, 0.1) is 0 Å². The Balaban J connectivity index is 1.92. The normalized spacial score (nSPS) is 10.2. The molecule has 0 radical (unpaired) electrons. The molecule has 1 aromatic carbocycles. The van der Waals surface area contributed by atoms with Crippen LogP contribution in [0.15, 0.2) is 47.4 Å². The van der Waals surface area contributed by atoms with E-state index in [1.807, 2.05) is 29.6 Å². The highest BCUT2D eigenvalue weighted by Gasteiger charge is 2.14. The van der Waals surface area contributed by atoms with Crippen molar-refractivity contribution in [3.63, 3.8) is 0 Å². The van der Waals surface area contributed by atoms with Crippen molar-refractivity contribution >= 4 is 28.8 Å². The second-order valence-corrected chi connectivity index (χ2v) is 5.55. The van der Waals surface area contributed by atoms with Crippen molar-refractivity contribution in [3.8, 4) is 17.0 Å². The smallest absolute Gasteiger partial charge is 0.340 e. The number of hydrogen-bond donors (Lipinski definition) is 1. The van der Waals surface area contributed by atoms with E-state index in [1.165, 1.54) is 24.8 Å². The topological polar surface area (TPSA) is 73.3 Å². The van der Waals surface area contributed by atoms with Gasteiger partial charge in [0, 0.05) is 22.4 Å². The first kappa shape index (κ1) is 15.9. The van der Waals surface area contributed by atoms with E-state index in [0.29, 0.717) is 17.1 Å². The van der Waals surface area contributed by atoms with E-state index in [1.54, 1.807) is 18.6 Å². The third-order valence-electron chi connectivity index (χ3n) is 3.38. The standard InChI is InChI=1S/C17H15N3O3S/c1-22-15-6-4-3-5-11(15)13-7-16(19-10-18-13)20-14-9-24-8-12(14)17(21)23-2/h3-10H,1-2H3,(H,18,19,20). The number of esters is 1. The van der Waals surface area contributed by atoms with Crippen LogP contribution >= 0.6 is 11.3 Å². The molecule has 0 saturated heterocycles. The van der Waals surface area contributed by atoms with E-state index in [-0.39, 0.29) is 0 Å². The molecule has 0 unspecified atom stereocenters. The Kier molecular flexibility index (Phi) is 4.72. The van der Waals surface area contributed by atoms with Crippen molar-refractivity contribution in [2.45, 2.75) is 0 Å². The Hall–Kier alpha value is -2.93. The van der Waals surface area contributed by atoms with Gasteiger partial charge in [0.25, 0.3) is 0 Å². The number of anilines is 2. The van der Waals surface area contributed by atoms with Gasteiger partial charge in [-0.05, 0) is 12.1 Å². The Morgan fingerprint density at radius 3 is 2.79 bits per heavy atom. The maximum atomic E-state index is 11.8. The van der Waals surface area contributed by atoms with Gasteiger partial charge >= 0.3 is 5.97 Å². The summed E-state index contributed by atoms with van der Waals surface area (Å²) in [6, 6.07) is 9.42. The molecule has 2 heterocycles. The summed E-state index contributed by atoms with van der Waals surface area (Å²) in [5.74, 6) is 0.917. The van der Waals surface area contributed by atoms with Gasteiger partial charge in [-0.15, -0.1) is 11.3 Å². The van der Waals surface area contributed by atoms with Gasteiger partial charge in [0.15, 0.2) is 0 Å². The van der Waals surface area contributed by atoms with Crippen LogP contribution in [-0.4, -0.2) is 30.2 Å². The lowest BCUT2D eigenvalue weighted by atomic mass is 10.1. The number of ether oxygens (including phenoxy) is 2. The predicted molar refractivity (Wildman–Crippen MR) is 93.0 cm³/mol. The van der Waals surface area contributed by atoms with Gasteiger partial charge in [0.2, 0.25) is 0 Å². The van der Waals surface area contributed by atoms with E-state index in [4.69, 9.17) is 9.47 Å². The number of methoxy groups -OCH3 is 2. The van der Waals surface area contributed by atoms with Crippen LogP contribution in [0.1, 0.15) is 10.4 Å². The lowest BCUT2D eigenvalue weighted by Gasteiger charge is -2.10. The molecular formula is C17H15N3O3S. The number of para-hydroxylation sites is 1. The molecule has 7 heteroatoms. The van der Waals surface area contributed by atoms with Gasteiger partial charge in [-0.25, -0.2) is 14.8 Å². The van der Waals surface area contributed by atoms with Crippen LogP contribution in [0.3, 0.4) is 0 Å². The Morgan fingerprint density at radius 2 is 2.00 bits per heavy atom. The molecule has 0 aliphatic carbocycles. The third kappa shape index (κ3) is 3.21. The first-order valence-electron chi connectivity index (χ1n) is 7.10. The molecule has 0 amide bonds. The van der Waals surface area contributed by atoms with Gasteiger partial charge in [0.05, 0.1) is 31.2 Å². The van der Waals surface area contributed by atoms with E-state index in [9.17, 15) is 4.79 Å². The molecule has 0 spiro atoms. The second kappa shape index (κ2) is 7.10. The number of rotatable bonds is 5. The van der Waals surface area contributed by atoms with E-state index >= 15 is 0 Å². The molecule has 0 bridgehead atoms. The Morgan fingerprint density at radius 1 is 1.17 bits per heavy atom. The minimum atomic E-state index is -0.391. The zero-order valence-corrected chi connectivity index (χ0v) is 14.0. The number of aromatic nitrogens is 2. The Labute approximate surface area is 143 Å². The molecule has 24 heavy (non-hydrogen) atoms. The highest BCUT2D eigenvalue weighted by Crippen LogP contribution is 2.30. The molecule has 1 N–H and O–H groups in total. The summed E-state index contributed by atoms with van der Waals surface area (Å²) in [4.78, 5) is 20.3. The zero-order valence-electron chi connectivity index (χ0n) is 13.1. The van der Waals surface area contributed by atoms with Gasteiger partial charge in [0.1, 0.15) is 17.9 Å². The summed E-state index contributed by atoms with van der Waals surface area (Å²) in [6.45, 7) is 0. The summed E-state index contributed by atoms with van der Waals surface area (Å²) in [6.07, 6.45) is 1.47. The molecule has 0 aliphatic rings. The SMILES string of the molecule is COC(=O)c1cscc1Nc1cc(-c2ccccc2OC)ncn1. The molecule has 6 nitrogen and oxygen atoms in total. The van der Waals surface area contributed by atoms with E-state index < -0.39 is 5.97 Å². The number of benzene rings is 1. The number of carbonyl (C=O) groups excluding carboxylic acids is 1. The molecule has 122 valence electrons. The summed E-state index contributed by atoms with van der Waals surface area (Å²) < 4.78 is 10.1. The van der Waals surface area contributed by atoms with Crippen molar-refractivity contribution in [2.75, 3.05) is 19.5 Å². The number of nitrogens with one attached hydrogen (secondary N) is 1. The highest BCUT2D eigenvalue weighted by molar-refractivity contribution is 7.08. The lowest BCUT2D eigenvalue weighted by Crippen LogP contribution is -2.04. The average molecular weight is 341 g/mol. The third-order valence-corrected chi connectivity index (χ3v) is 4.12. The van der Waals surface area contributed by atoms with Crippen LogP contribution in [0.2, 0.25) is 0 Å². The highest BCUT2D eigenvalue weighted by atomic mass is 32.1. The maximum Gasteiger partial charge on any atom is 0.340 e. The predicted octanol–water partition coefficient (Wildman–Crippen LogP) is 3.74. The molecule has 0 fully saturated rings. The number of nitrogens with zero attached hydrogens (tertiary/aromatic N) is 2. The van der Waals surface area contributed by atoms with E-state index in [0.717, 1.165) is 17.0 Å². The summed E-state index contributed by atoms with van der Waals surface area (Å²) in [7, 11) is 2.97. The number of carbonyl (C=O) groups is 1. The lowest BCUT2D eigenvalue weighted by molar-refractivity contribution is 0.0602. The molecule has 2 aromatic heterocycles. The summed E-state index contributed by atoms with van der Waals surface area (Å²) >= 11 is 1.41. The molecule has 0 saturated carbocycles. The number of thiophene rings is 1. The Bertz CT molecular complexity index is 864. The number of hydrogen-bond acceptors (Lipinski definition) is 7. The second-order valence-electron chi connectivity index (χ2n) is 4.80. The van der Waals surface area contributed by atoms with Crippen LogP contribution in [0.5, 0.6) is 5.75 Å². The van der Waals surface area contributed by atoms with Gasteiger partial charge in [-0.3, -0.25) is 0 Å². The van der Waals surface area contributed by atoms with Crippen molar-refractivity contribution in [2.24, 2.45) is 0 Å². The van der Waals surface area contributed by atoms with E-state index in [2.05, 4.69) is 15.3 Å². The largest absolute Gasteiger partial charge is 0.496 e. The molecule has 3 rings (SSSR count). The first-order valence-corrected chi connectivity index (χ1v) is 8.04. The average Bonchev–Trinajstić information content (AvgIpc) is 3.09. The zero-order chi connectivity index (χ0) is 16.9. The van der Waals surface area contributed by atoms with Crippen LogP contribution < -0.4 is 10.1 Å². The molecular weight excluding hydrogens is 326 g/mol. The van der Waals surface area contributed by atoms with Crippen molar-refractivity contribution in [1.29, 1.82) is 0 Å². The fraction of sp³-hybridized carbons (Fsp3) is 0.118. The summed E-state index contributed by atoms with van der Waals surface area (Å²) in [5.41, 5.74) is 2.71. The maximum absolute atomic E-state index is 11.8. The van der Waals surface area contributed by atoms with Crippen molar-refractivity contribution in [3.05, 3.63) is 53.0 Å². The molecule has 0 aliphatic heterocycles. The fourth-order valence-corrected chi connectivity index (χ4v) is 2.98. The minimum Gasteiger partial charge on any atom is -0.496 e. The minimum absolute atomic E-state index is 0.391. The van der Waals surface area contributed by atoms with Crippen LogP contribution in [0.4, 0.5) is 11.5 Å². The molecule has 0 atom stereocenters. The van der Waals surface area contributed by atoms with Crippen LogP contribution in [-0.2, 0) is 4.74 Å². The van der Waals surface area contributed by atoms with Crippen molar-refractivity contribution in [1.82, 2.24) is 9.97 Å². The van der Waals surface area contributed by atoms with Gasteiger partial charge in [-0.2, -0.15) is 0 Å². The monoisotopic (exact) mass is 341 g/mol. The van der Waals surface area contributed by atoms with Gasteiger partial charge < -0.3 is 14.8 Å². The quantitative estimate of drug-likeness (QED) is 0.713. The molecule has 3 aromatic rings. The summed E-state index contributed by atoms with van der Waals surface area (Å²) in [5, 5.41) is 6.70. The fourth-order valence-electron chi connectivity index (χ4n) is 2.23.